The predicted octanol–water partition coefficient (Wildman–Crippen LogP) is 4.55. The van der Waals surface area contributed by atoms with Crippen molar-refractivity contribution in [3.05, 3.63) is 16.1 Å². The van der Waals surface area contributed by atoms with Crippen LogP contribution >= 0.6 is 23.1 Å². The molecule has 2 nitrogen and oxygen atoms in total. The van der Waals surface area contributed by atoms with Gasteiger partial charge in [-0.1, -0.05) is 34.6 Å². The summed E-state index contributed by atoms with van der Waals surface area (Å²) in [6.45, 7) is 11.6. The standard InChI is InChI=1S/C17H28N2S2/c1-15(2,3)13-8-21-14(18-13)17(19-12-6-7-12)9-16(4,5)10-20-11-17/h8,12,19H,6-7,9-11H2,1-5H3. The third-order valence-corrected chi connectivity index (χ3v) is 7.09. The van der Waals surface area contributed by atoms with E-state index in [9.17, 15) is 0 Å². The maximum atomic E-state index is 5.07. The molecule has 118 valence electrons. The van der Waals surface area contributed by atoms with Crippen molar-refractivity contribution >= 4 is 23.1 Å². The van der Waals surface area contributed by atoms with Gasteiger partial charge in [0.05, 0.1) is 11.2 Å². The van der Waals surface area contributed by atoms with Crippen molar-refractivity contribution in [3.8, 4) is 0 Å². The lowest BCUT2D eigenvalue weighted by Gasteiger charge is -2.44. The van der Waals surface area contributed by atoms with Gasteiger partial charge in [0, 0.05) is 22.6 Å². The zero-order valence-electron chi connectivity index (χ0n) is 14.0. The number of thioether (sulfide) groups is 1. The number of hydrogen-bond donors (Lipinski definition) is 1. The summed E-state index contributed by atoms with van der Waals surface area (Å²) in [5.74, 6) is 2.43. The second kappa shape index (κ2) is 5.24. The van der Waals surface area contributed by atoms with E-state index in [1.807, 2.05) is 11.3 Å². The second-order valence-corrected chi connectivity index (χ2v) is 10.5. The lowest BCUT2D eigenvalue weighted by molar-refractivity contribution is 0.221. The lowest BCUT2D eigenvalue weighted by atomic mass is 9.80. The first-order valence-corrected chi connectivity index (χ1v) is 10.1. The minimum absolute atomic E-state index is 0.0990. The van der Waals surface area contributed by atoms with Gasteiger partial charge < -0.3 is 5.32 Å². The van der Waals surface area contributed by atoms with Crippen molar-refractivity contribution in [2.45, 2.75) is 70.9 Å². The third kappa shape index (κ3) is 3.48. The summed E-state index contributed by atoms with van der Waals surface area (Å²) in [7, 11) is 0. The van der Waals surface area contributed by atoms with E-state index in [-0.39, 0.29) is 11.0 Å². The van der Waals surface area contributed by atoms with E-state index in [0.29, 0.717) is 5.41 Å². The fourth-order valence-electron chi connectivity index (χ4n) is 3.17. The van der Waals surface area contributed by atoms with Crippen LogP contribution in [-0.4, -0.2) is 22.5 Å². The van der Waals surface area contributed by atoms with Gasteiger partial charge in [-0.05, 0) is 30.4 Å². The topological polar surface area (TPSA) is 24.9 Å². The summed E-state index contributed by atoms with van der Waals surface area (Å²) < 4.78 is 0. The van der Waals surface area contributed by atoms with Crippen molar-refractivity contribution in [2.75, 3.05) is 11.5 Å². The summed E-state index contributed by atoms with van der Waals surface area (Å²) in [6, 6.07) is 0.724. The molecule has 1 saturated carbocycles. The molecule has 1 unspecified atom stereocenters. The Morgan fingerprint density at radius 2 is 1.95 bits per heavy atom. The van der Waals surface area contributed by atoms with Gasteiger partial charge in [-0.25, -0.2) is 4.98 Å². The minimum Gasteiger partial charge on any atom is -0.302 e. The zero-order chi connectivity index (χ0) is 15.3. The highest BCUT2D eigenvalue weighted by Crippen LogP contribution is 2.47. The number of hydrogen-bond acceptors (Lipinski definition) is 4. The highest BCUT2D eigenvalue weighted by atomic mass is 32.2. The SMILES string of the molecule is CC1(C)CSCC(NC2CC2)(c2nc(C(C)(C)C)cs2)C1. The molecule has 0 spiro atoms. The van der Waals surface area contributed by atoms with Crippen LogP contribution in [0.1, 0.15) is 64.6 Å². The van der Waals surface area contributed by atoms with E-state index in [1.165, 1.54) is 41.5 Å². The van der Waals surface area contributed by atoms with Gasteiger partial charge in [0.15, 0.2) is 0 Å². The number of rotatable bonds is 3. The molecule has 1 aliphatic carbocycles. The van der Waals surface area contributed by atoms with E-state index >= 15 is 0 Å². The quantitative estimate of drug-likeness (QED) is 0.883. The Morgan fingerprint density at radius 1 is 1.24 bits per heavy atom. The Kier molecular flexibility index (Phi) is 3.95. The second-order valence-electron chi connectivity index (χ2n) is 8.62. The predicted molar refractivity (Wildman–Crippen MR) is 94.4 cm³/mol. The number of aromatic nitrogens is 1. The van der Waals surface area contributed by atoms with Crippen LogP contribution in [-0.2, 0) is 11.0 Å². The molecule has 4 heteroatoms. The summed E-state index contributed by atoms with van der Waals surface area (Å²) in [5.41, 5.74) is 1.88. The zero-order valence-corrected chi connectivity index (χ0v) is 15.6. The van der Waals surface area contributed by atoms with Crippen LogP contribution in [0.15, 0.2) is 5.38 Å². The van der Waals surface area contributed by atoms with Crippen LogP contribution in [0.2, 0.25) is 0 Å². The molecular formula is C17H28N2S2. The van der Waals surface area contributed by atoms with Crippen molar-refractivity contribution in [1.82, 2.24) is 10.3 Å². The van der Waals surface area contributed by atoms with E-state index < -0.39 is 0 Å². The molecule has 21 heavy (non-hydrogen) atoms. The van der Waals surface area contributed by atoms with Gasteiger partial charge in [0.1, 0.15) is 5.01 Å². The van der Waals surface area contributed by atoms with Crippen molar-refractivity contribution < 1.29 is 0 Å². The fourth-order valence-corrected chi connectivity index (χ4v) is 5.90. The first-order chi connectivity index (χ1) is 9.70. The molecule has 3 rings (SSSR count). The summed E-state index contributed by atoms with van der Waals surface area (Å²) in [4.78, 5) is 5.07. The molecule has 1 N–H and O–H groups in total. The highest BCUT2D eigenvalue weighted by molar-refractivity contribution is 7.99. The van der Waals surface area contributed by atoms with Crippen LogP contribution in [0.25, 0.3) is 0 Å². The molecule has 0 amide bonds. The first kappa shape index (κ1) is 15.8. The molecule has 0 radical (unpaired) electrons. The fraction of sp³-hybridized carbons (Fsp3) is 0.824. The number of nitrogens with zero attached hydrogens (tertiary/aromatic N) is 1. The van der Waals surface area contributed by atoms with Crippen LogP contribution < -0.4 is 5.32 Å². The van der Waals surface area contributed by atoms with Crippen molar-refractivity contribution in [2.24, 2.45) is 5.41 Å². The molecule has 1 aliphatic heterocycles. The number of nitrogens with one attached hydrogen (secondary N) is 1. The molecule has 0 aromatic carbocycles. The smallest absolute Gasteiger partial charge is 0.114 e. The molecular weight excluding hydrogens is 296 g/mol. The monoisotopic (exact) mass is 324 g/mol. The van der Waals surface area contributed by atoms with E-state index in [0.717, 1.165) is 6.04 Å². The maximum absolute atomic E-state index is 5.07. The molecule has 1 aromatic rings. The summed E-state index contributed by atoms with van der Waals surface area (Å²) in [5, 5.41) is 7.56. The molecule has 2 fully saturated rings. The first-order valence-electron chi connectivity index (χ1n) is 8.02. The minimum atomic E-state index is 0.0990. The Balaban J connectivity index is 1.93. The maximum Gasteiger partial charge on any atom is 0.114 e. The van der Waals surface area contributed by atoms with Gasteiger partial charge in [-0.2, -0.15) is 11.8 Å². The molecule has 1 aromatic heterocycles. The van der Waals surface area contributed by atoms with E-state index in [1.54, 1.807) is 0 Å². The van der Waals surface area contributed by atoms with Crippen molar-refractivity contribution in [1.29, 1.82) is 0 Å². The molecule has 0 bridgehead atoms. The number of thiazole rings is 1. The Morgan fingerprint density at radius 3 is 2.48 bits per heavy atom. The van der Waals surface area contributed by atoms with Gasteiger partial charge in [-0.3, -0.25) is 0 Å². The Bertz CT molecular complexity index is 511. The van der Waals surface area contributed by atoms with Gasteiger partial charge in [0.2, 0.25) is 0 Å². The summed E-state index contributed by atoms with van der Waals surface area (Å²) >= 11 is 3.96. The van der Waals surface area contributed by atoms with Crippen LogP contribution in [0, 0.1) is 5.41 Å². The lowest BCUT2D eigenvalue weighted by Crippen LogP contribution is -2.51. The van der Waals surface area contributed by atoms with E-state index in [2.05, 4.69) is 57.1 Å². The van der Waals surface area contributed by atoms with Gasteiger partial charge >= 0.3 is 0 Å². The van der Waals surface area contributed by atoms with Crippen molar-refractivity contribution in [3.63, 3.8) is 0 Å². The largest absolute Gasteiger partial charge is 0.302 e. The normalized spacial score (nSPS) is 29.6. The van der Waals surface area contributed by atoms with E-state index in [4.69, 9.17) is 4.98 Å². The Hall–Kier alpha value is -0.0600. The van der Waals surface area contributed by atoms with Crippen LogP contribution in [0.4, 0.5) is 0 Å². The van der Waals surface area contributed by atoms with Crippen LogP contribution in [0.3, 0.4) is 0 Å². The third-order valence-electron chi connectivity index (χ3n) is 4.36. The molecule has 2 aliphatic rings. The highest BCUT2D eigenvalue weighted by Gasteiger charge is 2.46. The molecule has 2 heterocycles. The van der Waals surface area contributed by atoms with Gasteiger partial charge in [0.25, 0.3) is 0 Å². The average molecular weight is 325 g/mol. The molecule has 1 atom stereocenters. The summed E-state index contributed by atoms with van der Waals surface area (Å²) in [6.07, 6.45) is 3.88. The molecule has 1 saturated heterocycles. The van der Waals surface area contributed by atoms with Gasteiger partial charge in [-0.15, -0.1) is 11.3 Å². The Labute approximate surface area is 137 Å². The van der Waals surface area contributed by atoms with Crippen LogP contribution in [0.5, 0.6) is 0 Å². The average Bonchev–Trinajstić information content (AvgIpc) is 2.99.